The Hall–Kier alpha value is -3.87. The molecule has 0 saturated heterocycles. The molecule has 0 fully saturated rings. The Morgan fingerprint density at radius 3 is 2.47 bits per heavy atom. The third-order valence-electron chi connectivity index (χ3n) is 5.13. The van der Waals surface area contributed by atoms with Gasteiger partial charge in [-0.2, -0.15) is 0 Å². The molecule has 0 aromatic heterocycles. The molecule has 3 aromatic carbocycles. The number of nitro groups is 1. The van der Waals surface area contributed by atoms with Crippen LogP contribution in [0.5, 0.6) is 0 Å². The lowest BCUT2D eigenvalue weighted by atomic mass is 9.89. The fourth-order valence-corrected chi connectivity index (χ4v) is 3.64. The van der Waals surface area contributed by atoms with Crippen molar-refractivity contribution >= 4 is 17.5 Å². The molecular weight excluding hydrogens is 382 g/mol. The number of nitrogens with one attached hydrogen (secondary N) is 2. The van der Waals surface area contributed by atoms with Crippen molar-refractivity contribution in [3.63, 3.8) is 0 Å². The number of amides is 1. The summed E-state index contributed by atoms with van der Waals surface area (Å²) in [5, 5.41) is 17.5. The summed E-state index contributed by atoms with van der Waals surface area (Å²) in [7, 11) is 0. The zero-order valence-corrected chi connectivity index (χ0v) is 16.2. The van der Waals surface area contributed by atoms with Crippen molar-refractivity contribution in [3.8, 4) is 0 Å². The molecule has 4 rings (SSSR count). The molecule has 1 aliphatic heterocycles. The van der Waals surface area contributed by atoms with E-state index in [1.807, 2.05) is 60.7 Å². The average Bonchev–Trinajstić information content (AvgIpc) is 2.78. The summed E-state index contributed by atoms with van der Waals surface area (Å²) in [4.78, 5) is 23.3. The number of hydrogen-bond acceptors (Lipinski definition) is 5. The zero-order valence-electron chi connectivity index (χ0n) is 16.2. The maximum absolute atomic E-state index is 12.5. The van der Waals surface area contributed by atoms with Crippen LogP contribution in [0.3, 0.4) is 0 Å². The number of ether oxygens (including phenoxy) is 1. The van der Waals surface area contributed by atoms with Crippen LogP contribution in [0.15, 0.2) is 78.9 Å². The normalized spacial score (nSPS) is 17.3. The number of non-ortho nitro benzene ring substituents is 1. The largest absolute Gasteiger partial charge is 0.445 e. The van der Waals surface area contributed by atoms with E-state index in [-0.39, 0.29) is 18.3 Å². The number of hydrogen-bond donors (Lipinski definition) is 2. The Bertz CT molecular complexity index is 1040. The molecular formula is C23H21N3O4. The summed E-state index contributed by atoms with van der Waals surface area (Å²) < 4.78 is 5.36. The van der Waals surface area contributed by atoms with Crippen LogP contribution in [-0.2, 0) is 11.3 Å². The van der Waals surface area contributed by atoms with Crippen LogP contribution in [0, 0.1) is 10.1 Å². The van der Waals surface area contributed by atoms with Crippen LogP contribution in [0.1, 0.15) is 35.2 Å². The van der Waals surface area contributed by atoms with Gasteiger partial charge in [0.2, 0.25) is 0 Å². The minimum absolute atomic E-state index is 0.0156. The van der Waals surface area contributed by atoms with Gasteiger partial charge in [0.25, 0.3) is 5.69 Å². The molecule has 0 saturated carbocycles. The van der Waals surface area contributed by atoms with Gasteiger partial charge < -0.3 is 15.4 Å². The molecule has 2 N–H and O–H groups in total. The number of nitrogens with zero attached hydrogens (tertiary/aromatic N) is 1. The number of carbonyl (C=O) groups is 1. The van der Waals surface area contributed by atoms with E-state index in [0.717, 1.165) is 16.8 Å². The number of anilines is 1. The molecule has 1 amide bonds. The molecule has 30 heavy (non-hydrogen) atoms. The van der Waals surface area contributed by atoms with Crippen LogP contribution in [0.4, 0.5) is 16.2 Å². The minimum Gasteiger partial charge on any atom is -0.445 e. The Morgan fingerprint density at radius 1 is 1.07 bits per heavy atom. The van der Waals surface area contributed by atoms with E-state index in [9.17, 15) is 14.9 Å². The molecule has 1 heterocycles. The highest BCUT2D eigenvalue weighted by Gasteiger charge is 2.30. The van der Waals surface area contributed by atoms with Gasteiger partial charge in [-0.1, -0.05) is 60.7 Å². The smallest absolute Gasteiger partial charge is 0.407 e. The maximum Gasteiger partial charge on any atom is 0.407 e. The lowest BCUT2D eigenvalue weighted by Crippen LogP contribution is -2.34. The highest BCUT2D eigenvalue weighted by atomic mass is 16.6. The predicted molar refractivity (Wildman–Crippen MR) is 113 cm³/mol. The summed E-state index contributed by atoms with van der Waals surface area (Å²) >= 11 is 0. The van der Waals surface area contributed by atoms with E-state index < -0.39 is 17.1 Å². The van der Waals surface area contributed by atoms with E-state index in [1.165, 1.54) is 12.1 Å². The monoisotopic (exact) mass is 403 g/mol. The van der Waals surface area contributed by atoms with Crippen LogP contribution in [0.2, 0.25) is 0 Å². The van der Waals surface area contributed by atoms with Gasteiger partial charge in [-0.25, -0.2) is 4.79 Å². The second-order valence-corrected chi connectivity index (χ2v) is 7.13. The Balaban J connectivity index is 1.55. The molecule has 1 aliphatic rings. The number of rotatable bonds is 5. The van der Waals surface area contributed by atoms with Crippen molar-refractivity contribution in [1.82, 2.24) is 5.32 Å². The molecule has 3 aromatic rings. The summed E-state index contributed by atoms with van der Waals surface area (Å²) in [6.07, 6.45) is -0.0199. The number of carbonyl (C=O) groups excluding carboxylic acids is 1. The van der Waals surface area contributed by atoms with E-state index >= 15 is 0 Å². The third kappa shape index (κ3) is 4.41. The van der Waals surface area contributed by atoms with Crippen molar-refractivity contribution in [2.75, 3.05) is 5.32 Å². The van der Waals surface area contributed by atoms with Gasteiger partial charge in [-0.05, 0) is 23.6 Å². The predicted octanol–water partition coefficient (Wildman–Crippen LogP) is 5.12. The molecule has 0 bridgehead atoms. The van der Waals surface area contributed by atoms with E-state index in [1.54, 1.807) is 6.07 Å². The van der Waals surface area contributed by atoms with Crippen molar-refractivity contribution in [2.45, 2.75) is 25.1 Å². The van der Waals surface area contributed by atoms with Crippen LogP contribution >= 0.6 is 0 Å². The van der Waals surface area contributed by atoms with Crippen LogP contribution in [-0.4, -0.2) is 11.0 Å². The number of fused-ring (bicyclic) bond motifs is 1. The number of benzene rings is 3. The van der Waals surface area contributed by atoms with Crippen molar-refractivity contribution < 1.29 is 14.5 Å². The molecule has 152 valence electrons. The SMILES string of the molecule is O=C(N[C@H]1C[C@@H](c2ccccc2)Nc2ccc([N+](=O)[O-])cc21)OCc1ccccc1. The molecule has 0 aliphatic carbocycles. The van der Waals surface area contributed by atoms with E-state index in [4.69, 9.17) is 4.74 Å². The molecule has 0 spiro atoms. The van der Waals surface area contributed by atoms with Gasteiger partial charge in [0.15, 0.2) is 0 Å². The molecule has 7 heteroatoms. The van der Waals surface area contributed by atoms with E-state index in [0.29, 0.717) is 12.0 Å². The quantitative estimate of drug-likeness (QED) is 0.456. The van der Waals surface area contributed by atoms with Crippen LogP contribution < -0.4 is 10.6 Å². The zero-order chi connectivity index (χ0) is 20.9. The average molecular weight is 403 g/mol. The first-order chi connectivity index (χ1) is 14.6. The lowest BCUT2D eigenvalue weighted by Gasteiger charge is -2.33. The van der Waals surface area contributed by atoms with E-state index in [2.05, 4.69) is 10.6 Å². The molecule has 0 unspecified atom stereocenters. The first-order valence-corrected chi connectivity index (χ1v) is 9.67. The fourth-order valence-electron chi connectivity index (χ4n) is 3.64. The van der Waals surface area contributed by atoms with Crippen molar-refractivity contribution in [1.29, 1.82) is 0 Å². The topological polar surface area (TPSA) is 93.5 Å². The van der Waals surface area contributed by atoms with Gasteiger partial charge in [0, 0.05) is 23.4 Å². The second-order valence-electron chi connectivity index (χ2n) is 7.13. The fraction of sp³-hybridized carbons (Fsp3) is 0.174. The van der Waals surface area contributed by atoms with Gasteiger partial charge in [0.1, 0.15) is 6.61 Å². The summed E-state index contributed by atoms with van der Waals surface area (Å²) in [5.74, 6) is 0. The number of nitro benzene ring substituents is 1. The lowest BCUT2D eigenvalue weighted by molar-refractivity contribution is -0.384. The van der Waals surface area contributed by atoms with Gasteiger partial charge in [-0.15, -0.1) is 0 Å². The Kier molecular flexibility index (Phi) is 5.61. The molecule has 7 nitrogen and oxygen atoms in total. The molecule has 2 atom stereocenters. The highest BCUT2D eigenvalue weighted by Crippen LogP contribution is 2.40. The third-order valence-corrected chi connectivity index (χ3v) is 5.13. The van der Waals surface area contributed by atoms with Crippen molar-refractivity contribution in [3.05, 3.63) is 106 Å². The standard InChI is InChI=1S/C23H21N3O4/c27-23(30-15-16-7-3-1-4-8-16)25-22-14-21(17-9-5-2-6-10-17)24-20-12-11-18(26(28)29)13-19(20)22/h1-13,21-22,24H,14-15H2,(H,25,27)/t21-,22-/m0/s1. The van der Waals surface area contributed by atoms with Gasteiger partial charge >= 0.3 is 6.09 Å². The first-order valence-electron chi connectivity index (χ1n) is 9.67. The number of alkyl carbamates (subject to hydrolysis) is 1. The highest BCUT2D eigenvalue weighted by molar-refractivity contribution is 5.70. The first kappa shape index (κ1) is 19.4. The Morgan fingerprint density at radius 2 is 1.77 bits per heavy atom. The summed E-state index contributed by atoms with van der Waals surface area (Å²) in [5.41, 5.74) is 3.38. The minimum atomic E-state index is -0.560. The second kappa shape index (κ2) is 8.65. The van der Waals surface area contributed by atoms with Crippen molar-refractivity contribution in [2.24, 2.45) is 0 Å². The maximum atomic E-state index is 12.5. The van der Waals surface area contributed by atoms with Gasteiger partial charge in [-0.3, -0.25) is 10.1 Å². The summed E-state index contributed by atoms with van der Waals surface area (Å²) in [6, 6.07) is 23.5. The van der Waals surface area contributed by atoms with Gasteiger partial charge in [0.05, 0.1) is 17.0 Å². The Labute approximate surface area is 173 Å². The van der Waals surface area contributed by atoms with Crippen LogP contribution in [0.25, 0.3) is 0 Å². The molecule has 0 radical (unpaired) electrons. The summed E-state index contributed by atoms with van der Waals surface area (Å²) in [6.45, 7) is 0.154.